The van der Waals surface area contributed by atoms with Crippen LogP contribution < -0.4 is 10.6 Å². The minimum Gasteiger partial charge on any atom is -0.329 e. The van der Waals surface area contributed by atoms with Gasteiger partial charge in [0, 0.05) is 0 Å². The van der Waals surface area contributed by atoms with Crippen LogP contribution in [0.3, 0.4) is 0 Å². The SMILES string of the molecule is Cl.Cl.O=C1CNC(=O)N1. The maximum atomic E-state index is 10.1. The van der Waals surface area contributed by atoms with Crippen molar-refractivity contribution in [1.82, 2.24) is 10.6 Å². The Morgan fingerprint density at radius 1 is 1.22 bits per heavy atom. The summed E-state index contributed by atoms with van der Waals surface area (Å²) in [6.07, 6.45) is 0. The molecule has 0 bridgehead atoms. The van der Waals surface area contributed by atoms with Gasteiger partial charge in [0.25, 0.3) is 0 Å². The average Bonchev–Trinajstić information content (AvgIpc) is 1.87. The van der Waals surface area contributed by atoms with Crippen LogP contribution in [0.2, 0.25) is 0 Å². The van der Waals surface area contributed by atoms with Crippen molar-refractivity contribution >= 4 is 36.8 Å². The van der Waals surface area contributed by atoms with Crippen LogP contribution >= 0.6 is 24.8 Å². The quantitative estimate of drug-likeness (QED) is 0.492. The van der Waals surface area contributed by atoms with Gasteiger partial charge in [-0.05, 0) is 0 Å². The lowest BCUT2D eigenvalue weighted by atomic mass is 10.7. The summed E-state index contributed by atoms with van der Waals surface area (Å²) in [6, 6.07) is -0.398. The number of halogens is 2. The molecule has 0 saturated carbocycles. The fourth-order valence-electron chi connectivity index (χ4n) is 0.376. The molecule has 1 fully saturated rings. The molecular formula is C3H6Cl2N2O2. The molecule has 0 aliphatic carbocycles. The zero-order valence-corrected chi connectivity index (χ0v) is 5.97. The topological polar surface area (TPSA) is 58.2 Å². The van der Waals surface area contributed by atoms with Crippen LogP contribution in [0.15, 0.2) is 0 Å². The second kappa shape index (κ2) is 4.40. The Bertz CT molecular complexity index is 113. The van der Waals surface area contributed by atoms with Gasteiger partial charge in [0.05, 0.1) is 6.54 Å². The van der Waals surface area contributed by atoms with E-state index in [4.69, 9.17) is 0 Å². The zero-order valence-electron chi connectivity index (χ0n) is 4.34. The van der Waals surface area contributed by atoms with E-state index in [9.17, 15) is 9.59 Å². The van der Waals surface area contributed by atoms with Crippen molar-refractivity contribution in [2.24, 2.45) is 0 Å². The summed E-state index contributed by atoms with van der Waals surface area (Å²) < 4.78 is 0. The van der Waals surface area contributed by atoms with Crippen LogP contribution in [0.25, 0.3) is 0 Å². The molecule has 0 unspecified atom stereocenters. The van der Waals surface area contributed by atoms with Gasteiger partial charge in [0.15, 0.2) is 0 Å². The molecule has 3 amide bonds. The van der Waals surface area contributed by atoms with Crippen molar-refractivity contribution in [2.45, 2.75) is 0 Å². The minimum absolute atomic E-state index is 0. The van der Waals surface area contributed by atoms with Crippen LogP contribution in [0, 0.1) is 0 Å². The third kappa shape index (κ3) is 3.16. The molecule has 0 aromatic rings. The van der Waals surface area contributed by atoms with Gasteiger partial charge in [-0.15, -0.1) is 24.8 Å². The van der Waals surface area contributed by atoms with Crippen LogP contribution in [-0.4, -0.2) is 18.5 Å². The molecule has 4 nitrogen and oxygen atoms in total. The molecule has 0 radical (unpaired) electrons. The third-order valence-corrected chi connectivity index (χ3v) is 0.662. The van der Waals surface area contributed by atoms with Crippen molar-refractivity contribution in [2.75, 3.05) is 6.54 Å². The molecule has 1 aliphatic heterocycles. The van der Waals surface area contributed by atoms with Gasteiger partial charge in [-0.1, -0.05) is 0 Å². The molecule has 9 heavy (non-hydrogen) atoms. The second-order valence-corrected chi connectivity index (χ2v) is 1.23. The van der Waals surface area contributed by atoms with Crippen LogP contribution in [0.1, 0.15) is 0 Å². The molecule has 0 atom stereocenters. The lowest BCUT2D eigenvalue weighted by Gasteiger charge is -1.78. The summed E-state index contributed by atoms with van der Waals surface area (Å²) in [4.78, 5) is 20.1. The molecule has 1 heterocycles. The van der Waals surface area contributed by atoms with Crippen LogP contribution in [-0.2, 0) is 4.79 Å². The van der Waals surface area contributed by atoms with Gasteiger partial charge in [-0.3, -0.25) is 10.1 Å². The van der Waals surface area contributed by atoms with E-state index < -0.39 is 6.03 Å². The summed E-state index contributed by atoms with van der Waals surface area (Å²) in [6.45, 7) is 0.124. The lowest BCUT2D eigenvalue weighted by molar-refractivity contribution is -0.117. The maximum absolute atomic E-state index is 10.1. The van der Waals surface area contributed by atoms with Gasteiger partial charge in [-0.25, -0.2) is 4.79 Å². The Balaban J connectivity index is 0. The monoisotopic (exact) mass is 172 g/mol. The Labute approximate surface area is 64.2 Å². The zero-order chi connectivity index (χ0) is 5.28. The predicted octanol–water partition coefficient (Wildman–Crippen LogP) is -0.331. The molecular weight excluding hydrogens is 167 g/mol. The van der Waals surface area contributed by atoms with Crippen molar-refractivity contribution in [3.8, 4) is 0 Å². The number of nitrogens with one attached hydrogen (secondary N) is 2. The van der Waals surface area contributed by atoms with E-state index in [0.717, 1.165) is 0 Å². The highest BCUT2D eigenvalue weighted by Gasteiger charge is 2.14. The first-order valence-electron chi connectivity index (χ1n) is 1.87. The first kappa shape index (κ1) is 11.3. The number of hydrogen-bond acceptors (Lipinski definition) is 2. The molecule has 54 valence electrons. The minimum atomic E-state index is -0.398. The van der Waals surface area contributed by atoms with Gasteiger partial charge in [0.2, 0.25) is 5.91 Å². The van der Waals surface area contributed by atoms with E-state index in [-0.39, 0.29) is 37.3 Å². The Morgan fingerprint density at radius 2 is 1.78 bits per heavy atom. The van der Waals surface area contributed by atoms with E-state index in [1.54, 1.807) is 0 Å². The van der Waals surface area contributed by atoms with Crippen molar-refractivity contribution in [3.05, 3.63) is 0 Å². The van der Waals surface area contributed by atoms with E-state index in [1.807, 2.05) is 5.32 Å². The van der Waals surface area contributed by atoms with Gasteiger partial charge < -0.3 is 5.32 Å². The van der Waals surface area contributed by atoms with E-state index in [2.05, 4.69) is 5.32 Å². The molecule has 1 saturated heterocycles. The molecule has 2 N–H and O–H groups in total. The number of hydrogen-bond donors (Lipinski definition) is 2. The predicted molar refractivity (Wildman–Crippen MR) is 36.0 cm³/mol. The van der Waals surface area contributed by atoms with Crippen LogP contribution in [0.4, 0.5) is 4.79 Å². The smallest absolute Gasteiger partial charge is 0.321 e. The van der Waals surface area contributed by atoms with Gasteiger partial charge >= 0.3 is 6.03 Å². The number of carbonyl (C=O) groups excluding carboxylic acids is 2. The second-order valence-electron chi connectivity index (χ2n) is 1.23. The first-order valence-corrected chi connectivity index (χ1v) is 1.87. The number of urea groups is 1. The fraction of sp³-hybridized carbons (Fsp3) is 0.333. The first-order chi connectivity index (χ1) is 3.29. The van der Waals surface area contributed by atoms with E-state index in [1.165, 1.54) is 0 Å². The standard InChI is InChI=1S/C3H4N2O2.2ClH/c6-2-1-4-3(7)5-2;;/h1H2,(H2,4,5,6,7);2*1H. The van der Waals surface area contributed by atoms with Crippen molar-refractivity contribution in [3.63, 3.8) is 0 Å². The number of carbonyl (C=O) groups is 2. The largest absolute Gasteiger partial charge is 0.329 e. The van der Waals surface area contributed by atoms with E-state index in [0.29, 0.717) is 0 Å². The molecule has 0 spiro atoms. The Morgan fingerprint density at radius 3 is 1.89 bits per heavy atom. The third-order valence-electron chi connectivity index (χ3n) is 0.662. The van der Waals surface area contributed by atoms with Gasteiger partial charge in [-0.2, -0.15) is 0 Å². The van der Waals surface area contributed by atoms with Crippen molar-refractivity contribution in [1.29, 1.82) is 0 Å². The molecule has 1 rings (SSSR count). The van der Waals surface area contributed by atoms with Gasteiger partial charge in [0.1, 0.15) is 0 Å². The van der Waals surface area contributed by atoms with E-state index >= 15 is 0 Å². The molecule has 0 aromatic carbocycles. The van der Waals surface area contributed by atoms with Crippen molar-refractivity contribution < 1.29 is 9.59 Å². The summed E-state index contributed by atoms with van der Waals surface area (Å²) in [5, 5.41) is 4.30. The summed E-state index contributed by atoms with van der Waals surface area (Å²) in [5.41, 5.74) is 0. The summed E-state index contributed by atoms with van der Waals surface area (Å²) in [5.74, 6) is -0.259. The fourth-order valence-corrected chi connectivity index (χ4v) is 0.376. The Hall–Kier alpha value is -0.480. The normalized spacial score (nSPS) is 14.7. The number of amides is 3. The lowest BCUT2D eigenvalue weighted by Crippen LogP contribution is -2.22. The maximum Gasteiger partial charge on any atom is 0.321 e. The molecule has 6 heteroatoms. The highest BCUT2D eigenvalue weighted by molar-refractivity contribution is 6.01. The molecule has 1 aliphatic rings. The average molecular weight is 173 g/mol. The highest BCUT2D eigenvalue weighted by atomic mass is 35.5. The summed E-state index contributed by atoms with van der Waals surface area (Å²) >= 11 is 0. The number of rotatable bonds is 0. The van der Waals surface area contributed by atoms with Crippen LogP contribution in [0.5, 0.6) is 0 Å². The Kier molecular flexibility index (Phi) is 5.55. The summed E-state index contributed by atoms with van der Waals surface area (Å²) in [7, 11) is 0. The molecule has 0 aromatic heterocycles. The number of imide groups is 1. The highest BCUT2D eigenvalue weighted by Crippen LogP contribution is 1.73.